The Morgan fingerprint density at radius 3 is 2.50 bits per heavy atom. The molecular formula is C20H26O4. The van der Waals surface area contributed by atoms with Gasteiger partial charge in [-0.3, -0.25) is 14.4 Å². The number of hydrogen-bond donors (Lipinski definition) is 1. The van der Waals surface area contributed by atoms with Crippen molar-refractivity contribution in [1.29, 1.82) is 0 Å². The maximum Gasteiger partial charge on any atom is 0.309 e. The van der Waals surface area contributed by atoms with Gasteiger partial charge in [-0.25, -0.2) is 0 Å². The summed E-state index contributed by atoms with van der Waals surface area (Å²) in [6, 6.07) is 0. The average molecular weight is 330 g/mol. The molecule has 0 spiro atoms. The summed E-state index contributed by atoms with van der Waals surface area (Å²) in [5, 5.41) is 9.80. The lowest BCUT2D eigenvalue weighted by Gasteiger charge is -2.54. The molecule has 0 aromatic rings. The molecule has 0 radical (unpaired) electrons. The number of carbonyl (C=O) groups is 3. The largest absolute Gasteiger partial charge is 0.481 e. The summed E-state index contributed by atoms with van der Waals surface area (Å²) in [4.78, 5) is 37.7. The quantitative estimate of drug-likeness (QED) is 0.784. The van der Waals surface area contributed by atoms with Crippen molar-refractivity contribution in [3.63, 3.8) is 0 Å². The average Bonchev–Trinajstić information content (AvgIpc) is 2.49. The van der Waals surface area contributed by atoms with Crippen LogP contribution in [0.15, 0.2) is 22.8 Å². The highest BCUT2D eigenvalue weighted by atomic mass is 16.4. The zero-order valence-electron chi connectivity index (χ0n) is 14.9. The van der Waals surface area contributed by atoms with Gasteiger partial charge in [0.2, 0.25) is 0 Å². The number of ketones is 2. The van der Waals surface area contributed by atoms with Crippen molar-refractivity contribution < 1.29 is 19.5 Å². The molecule has 0 amide bonds. The molecular weight excluding hydrogens is 304 g/mol. The van der Waals surface area contributed by atoms with E-state index in [1.165, 1.54) is 6.08 Å². The summed E-state index contributed by atoms with van der Waals surface area (Å²) in [6.45, 7) is 7.68. The summed E-state index contributed by atoms with van der Waals surface area (Å²) in [6.07, 6.45) is 4.89. The van der Waals surface area contributed by atoms with Crippen molar-refractivity contribution in [3.05, 3.63) is 22.8 Å². The van der Waals surface area contributed by atoms with Gasteiger partial charge in [-0.2, -0.15) is 0 Å². The second kappa shape index (κ2) is 5.40. The maximum atomic E-state index is 12.9. The van der Waals surface area contributed by atoms with Crippen molar-refractivity contribution in [2.75, 3.05) is 0 Å². The second-order valence-electron chi connectivity index (χ2n) is 8.39. The van der Waals surface area contributed by atoms with Crippen LogP contribution in [0.4, 0.5) is 0 Å². The van der Waals surface area contributed by atoms with E-state index in [0.29, 0.717) is 36.0 Å². The van der Waals surface area contributed by atoms with Crippen LogP contribution in [0.3, 0.4) is 0 Å². The first kappa shape index (κ1) is 17.1. The normalized spacial score (nSPS) is 36.4. The Kier molecular flexibility index (Phi) is 3.85. The SMILES string of the molecule is CC(C)C1=CC(=O)C2=C(CC[C@H]3[C@](C)(C(=O)O)CCC[C@]23C)C1=O. The molecule has 0 aromatic heterocycles. The van der Waals surface area contributed by atoms with E-state index in [4.69, 9.17) is 0 Å². The molecule has 0 aliphatic heterocycles. The Hall–Kier alpha value is -1.71. The molecule has 0 unspecified atom stereocenters. The van der Waals surface area contributed by atoms with Crippen LogP contribution < -0.4 is 0 Å². The molecule has 1 fully saturated rings. The predicted molar refractivity (Wildman–Crippen MR) is 90.4 cm³/mol. The first-order chi connectivity index (χ1) is 11.1. The molecule has 0 bridgehead atoms. The minimum Gasteiger partial charge on any atom is -0.481 e. The lowest BCUT2D eigenvalue weighted by molar-refractivity contribution is -0.159. The lowest BCUT2D eigenvalue weighted by atomic mass is 9.48. The Balaban J connectivity index is 2.12. The van der Waals surface area contributed by atoms with Crippen molar-refractivity contribution in [3.8, 4) is 0 Å². The van der Waals surface area contributed by atoms with Crippen LogP contribution in [0.1, 0.15) is 59.8 Å². The maximum absolute atomic E-state index is 12.9. The number of allylic oxidation sites excluding steroid dienone is 4. The van der Waals surface area contributed by atoms with E-state index in [1.807, 2.05) is 27.7 Å². The molecule has 4 nitrogen and oxygen atoms in total. The fourth-order valence-electron chi connectivity index (χ4n) is 5.36. The highest BCUT2D eigenvalue weighted by molar-refractivity contribution is 6.23. The summed E-state index contributed by atoms with van der Waals surface area (Å²) < 4.78 is 0. The number of carbonyl (C=O) groups excluding carboxylic acids is 2. The van der Waals surface area contributed by atoms with E-state index >= 15 is 0 Å². The van der Waals surface area contributed by atoms with Gasteiger partial charge in [-0.1, -0.05) is 27.2 Å². The van der Waals surface area contributed by atoms with Gasteiger partial charge < -0.3 is 5.11 Å². The van der Waals surface area contributed by atoms with Crippen LogP contribution >= 0.6 is 0 Å². The molecule has 0 aromatic carbocycles. The predicted octanol–water partition coefficient (Wildman–Crippen LogP) is 3.71. The molecule has 1 N–H and O–H groups in total. The molecule has 3 aliphatic rings. The van der Waals surface area contributed by atoms with E-state index in [-0.39, 0.29) is 23.4 Å². The van der Waals surface area contributed by atoms with E-state index in [1.54, 1.807) is 0 Å². The lowest BCUT2D eigenvalue weighted by Crippen LogP contribution is -2.52. The highest BCUT2D eigenvalue weighted by Crippen LogP contribution is 2.60. The third-order valence-corrected chi connectivity index (χ3v) is 6.67. The van der Waals surface area contributed by atoms with E-state index < -0.39 is 16.8 Å². The fraction of sp³-hybridized carbons (Fsp3) is 0.650. The first-order valence-corrected chi connectivity index (χ1v) is 8.90. The number of carboxylic acid groups (broad SMARTS) is 1. The molecule has 0 heterocycles. The number of carboxylic acids is 1. The summed E-state index contributed by atoms with van der Waals surface area (Å²) >= 11 is 0. The third-order valence-electron chi connectivity index (χ3n) is 6.67. The van der Waals surface area contributed by atoms with Crippen LogP contribution in [-0.2, 0) is 14.4 Å². The fourth-order valence-corrected chi connectivity index (χ4v) is 5.36. The smallest absolute Gasteiger partial charge is 0.309 e. The zero-order chi connectivity index (χ0) is 17.9. The topological polar surface area (TPSA) is 71.4 Å². The van der Waals surface area contributed by atoms with Crippen LogP contribution in [0.2, 0.25) is 0 Å². The molecule has 130 valence electrons. The molecule has 24 heavy (non-hydrogen) atoms. The minimum absolute atomic E-state index is 0.00174. The highest BCUT2D eigenvalue weighted by Gasteiger charge is 2.58. The number of aliphatic carboxylic acids is 1. The molecule has 4 heteroatoms. The van der Waals surface area contributed by atoms with Crippen LogP contribution in [-0.4, -0.2) is 22.6 Å². The summed E-state index contributed by atoms with van der Waals surface area (Å²) in [5.41, 5.74) is 0.527. The number of fused-ring (bicyclic) bond motifs is 2. The molecule has 0 saturated heterocycles. The Morgan fingerprint density at radius 2 is 1.92 bits per heavy atom. The number of rotatable bonds is 2. The van der Waals surface area contributed by atoms with Gasteiger partial charge in [0.25, 0.3) is 0 Å². The van der Waals surface area contributed by atoms with Crippen LogP contribution in [0.25, 0.3) is 0 Å². The monoisotopic (exact) mass is 330 g/mol. The van der Waals surface area contributed by atoms with Gasteiger partial charge in [0, 0.05) is 22.1 Å². The third kappa shape index (κ3) is 2.15. The molecule has 1 saturated carbocycles. The summed E-state index contributed by atoms with van der Waals surface area (Å²) in [7, 11) is 0. The minimum atomic E-state index is -0.823. The first-order valence-electron chi connectivity index (χ1n) is 8.90. The van der Waals surface area contributed by atoms with Gasteiger partial charge in [0.1, 0.15) is 0 Å². The standard InChI is InChI=1S/C20H26O4/c1-11(2)13-10-14(21)16-12(17(13)22)6-7-15-19(16,3)8-5-9-20(15,4)18(23)24/h10-11,15H,5-9H2,1-4H3,(H,23,24)/t15-,19+,20-/m1/s1. The van der Waals surface area contributed by atoms with Crippen molar-refractivity contribution in [2.24, 2.45) is 22.7 Å². The Morgan fingerprint density at radius 1 is 1.25 bits per heavy atom. The second-order valence-corrected chi connectivity index (χ2v) is 8.39. The van der Waals surface area contributed by atoms with E-state index in [2.05, 4.69) is 0 Å². The van der Waals surface area contributed by atoms with E-state index in [9.17, 15) is 19.5 Å². The van der Waals surface area contributed by atoms with Gasteiger partial charge >= 0.3 is 5.97 Å². The van der Waals surface area contributed by atoms with Crippen LogP contribution in [0, 0.1) is 22.7 Å². The van der Waals surface area contributed by atoms with Crippen molar-refractivity contribution in [1.82, 2.24) is 0 Å². The van der Waals surface area contributed by atoms with Crippen molar-refractivity contribution in [2.45, 2.75) is 59.8 Å². The van der Waals surface area contributed by atoms with Crippen LogP contribution in [0.5, 0.6) is 0 Å². The number of Topliss-reactive ketones (excluding diaryl/α,β-unsaturated/α-hetero) is 1. The van der Waals surface area contributed by atoms with Gasteiger partial charge in [0.05, 0.1) is 5.41 Å². The van der Waals surface area contributed by atoms with Crippen molar-refractivity contribution >= 4 is 17.5 Å². The van der Waals surface area contributed by atoms with E-state index in [0.717, 1.165) is 12.8 Å². The van der Waals surface area contributed by atoms with Gasteiger partial charge in [-0.15, -0.1) is 0 Å². The zero-order valence-corrected chi connectivity index (χ0v) is 14.9. The molecule has 3 rings (SSSR count). The Bertz CT molecular complexity index is 696. The Labute approximate surface area is 143 Å². The van der Waals surface area contributed by atoms with Gasteiger partial charge in [-0.05, 0) is 50.5 Å². The number of hydrogen-bond acceptors (Lipinski definition) is 3. The molecule has 3 atom stereocenters. The summed E-state index contributed by atoms with van der Waals surface area (Å²) in [5.74, 6) is -0.926. The van der Waals surface area contributed by atoms with Gasteiger partial charge in [0.15, 0.2) is 11.6 Å². The molecule has 3 aliphatic carbocycles.